The molecule has 1 unspecified atom stereocenters. The molecule has 1 atom stereocenters. The summed E-state index contributed by atoms with van der Waals surface area (Å²) in [7, 11) is 1.66. The molecule has 23 heavy (non-hydrogen) atoms. The van der Waals surface area contributed by atoms with Crippen molar-refractivity contribution < 1.29 is 14.3 Å². The summed E-state index contributed by atoms with van der Waals surface area (Å²) in [5.41, 5.74) is 0.606. The van der Waals surface area contributed by atoms with Crippen LogP contribution in [0, 0.1) is 0 Å². The van der Waals surface area contributed by atoms with Crippen molar-refractivity contribution in [1.29, 1.82) is 0 Å². The van der Waals surface area contributed by atoms with E-state index in [1.54, 1.807) is 13.2 Å². The summed E-state index contributed by atoms with van der Waals surface area (Å²) in [4.78, 5) is 15.0. The zero-order valence-corrected chi connectivity index (χ0v) is 14.4. The monoisotopic (exact) mass is 333 g/mol. The lowest BCUT2D eigenvalue weighted by Crippen LogP contribution is -2.24. The van der Waals surface area contributed by atoms with E-state index in [4.69, 9.17) is 9.47 Å². The van der Waals surface area contributed by atoms with Gasteiger partial charge in [-0.1, -0.05) is 18.9 Å². The quantitative estimate of drug-likeness (QED) is 0.602. The third-order valence-electron chi connectivity index (χ3n) is 4.80. The summed E-state index contributed by atoms with van der Waals surface area (Å²) < 4.78 is 11.7. The molecule has 1 saturated heterocycles. The second-order valence-electron chi connectivity index (χ2n) is 6.26. The molecule has 2 aliphatic rings. The lowest BCUT2D eigenvalue weighted by Gasteiger charge is -2.26. The molecule has 1 heterocycles. The lowest BCUT2D eigenvalue weighted by molar-refractivity contribution is 0.202. The van der Waals surface area contributed by atoms with Gasteiger partial charge in [-0.25, -0.2) is 4.79 Å². The Kier molecular flexibility index (Phi) is 5.29. The predicted molar refractivity (Wildman–Crippen MR) is 92.2 cm³/mol. The first kappa shape index (κ1) is 16.4. The number of carbonyl (C=O) groups excluding carboxylic acids is 1. The molecule has 124 valence electrons. The lowest BCUT2D eigenvalue weighted by atomic mass is 9.88. The molecule has 0 N–H and O–H groups in total. The first-order valence-electron chi connectivity index (χ1n) is 8.29. The van der Waals surface area contributed by atoms with Crippen LogP contribution in [0.3, 0.4) is 0 Å². The molecule has 3 rings (SSSR count). The Balaban J connectivity index is 1.85. The highest BCUT2D eigenvalue weighted by molar-refractivity contribution is 7.99. The molecule has 0 amide bonds. The summed E-state index contributed by atoms with van der Waals surface area (Å²) in [5, 5.41) is 0. The molecular weight excluding hydrogens is 310 g/mol. The van der Waals surface area contributed by atoms with Crippen LogP contribution in [0.5, 0.6) is 11.5 Å². The van der Waals surface area contributed by atoms with E-state index < -0.39 is 5.54 Å². The fourth-order valence-electron chi connectivity index (χ4n) is 3.55. The number of hydrogen-bond acceptors (Lipinski definition) is 5. The predicted octanol–water partition coefficient (Wildman–Crippen LogP) is 4.07. The van der Waals surface area contributed by atoms with Crippen molar-refractivity contribution >= 4 is 17.8 Å². The van der Waals surface area contributed by atoms with Gasteiger partial charge >= 0.3 is 0 Å². The smallest absolute Gasteiger partial charge is 0.235 e. The van der Waals surface area contributed by atoms with Crippen molar-refractivity contribution in [3.8, 4) is 11.5 Å². The van der Waals surface area contributed by atoms with Crippen LogP contribution in [0.1, 0.15) is 44.1 Å². The summed E-state index contributed by atoms with van der Waals surface area (Å²) >= 11 is 1.94. The number of hydrogen-bond donors (Lipinski definition) is 0. The van der Waals surface area contributed by atoms with Gasteiger partial charge in [0, 0.05) is 5.75 Å². The van der Waals surface area contributed by atoms with Crippen LogP contribution in [0.2, 0.25) is 0 Å². The van der Waals surface area contributed by atoms with Gasteiger partial charge in [-0.15, -0.1) is 0 Å². The highest BCUT2D eigenvalue weighted by atomic mass is 32.2. The van der Waals surface area contributed by atoms with Crippen molar-refractivity contribution in [3.63, 3.8) is 0 Å². The number of nitrogens with zero attached hydrogens (tertiary/aromatic N) is 1. The molecule has 1 aromatic carbocycles. The van der Waals surface area contributed by atoms with Gasteiger partial charge in [-0.05, 0) is 49.1 Å². The van der Waals surface area contributed by atoms with Crippen molar-refractivity contribution in [2.24, 2.45) is 4.99 Å². The SMILES string of the molecule is COc1cc(C2(N=C=O)CCCC2)ccc1OC1CCCSC1. The van der Waals surface area contributed by atoms with Crippen molar-refractivity contribution in [2.75, 3.05) is 18.6 Å². The van der Waals surface area contributed by atoms with E-state index in [1.165, 1.54) is 12.2 Å². The van der Waals surface area contributed by atoms with E-state index >= 15 is 0 Å². The summed E-state index contributed by atoms with van der Waals surface area (Å²) in [6, 6.07) is 5.98. The molecule has 0 spiro atoms. The van der Waals surface area contributed by atoms with Crippen LogP contribution in [0.15, 0.2) is 23.2 Å². The van der Waals surface area contributed by atoms with Gasteiger partial charge in [-0.2, -0.15) is 16.8 Å². The number of methoxy groups -OCH3 is 1. The Morgan fingerprint density at radius 1 is 1.26 bits per heavy atom. The zero-order chi connectivity index (χ0) is 16.1. The number of rotatable bonds is 5. The molecule has 1 aromatic rings. The molecule has 2 fully saturated rings. The minimum Gasteiger partial charge on any atom is -0.493 e. The van der Waals surface area contributed by atoms with E-state index in [0.717, 1.165) is 54.9 Å². The minimum absolute atomic E-state index is 0.252. The van der Waals surface area contributed by atoms with Gasteiger partial charge in [0.15, 0.2) is 11.5 Å². The molecule has 5 heteroatoms. The standard InChI is InChI=1S/C18H23NO3S/c1-21-17-11-14(18(19-13-20)8-2-3-9-18)6-7-16(17)22-15-5-4-10-23-12-15/h6-7,11,15H,2-5,8-10,12H2,1H3. The highest BCUT2D eigenvalue weighted by Crippen LogP contribution is 2.44. The Morgan fingerprint density at radius 3 is 2.74 bits per heavy atom. The molecule has 4 nitrogen and oxygen atoms in total. The van der Waals surface area contributed by atoms with Crippen molar-refractivity contribution in [2.45, 2.75) is 50.2 Å². The van der Waals surface area contributed by atoms with Crippen LogP contribution in [-0.2, 0) is 10.3 Å². The summed E-state index contributed by atoms with van der Waals surface area (Å²) in [5.74, 6) is 3.77. The molecule has 1 aliphatic carbocycles. The van der Waals surface area contributed by atoms with Crippen LogP contribution in [0.4, 0.5) is 0 Å². The average Bonchev–Trinajstić information content (AvgIpc) is 3.06. The Bertz CT molecular complexity index is 586. The van der Waals surface area contributed by atoms with Crippen LogP contribution in [0.25, 0.3) is 0 Å². The highest BCUT2D eigenvalue weighted by Gasteiger charge is 2.36. The third kappa shape index (κ3) is 3.56. The van der Waals surface area contributed by atoms with Gasteiger partial charge in [0.2, 0.25) is 6.08 Å². The Hall–Kier alpha value is -1.45. The van der Waals surface area contributed by atoms with E-state index in [2.05, 4.69) is 4.99 Å². The largest absolute Gasteiger partial charge is 0.493 e. The number of ether oxygens (including phenoxy) is 2. The first-order valence-corrected chi connectivity index (χ1v) is 9.45. The van der Waals surface area contributed by atoms with E-state index in [9.17, 15) is 4.79 Å². The van der Waals surface area contributed by atoms with Gasteiger partial charge in [-0.3, -0.25) is 0 Å². The average molecular weight is 333 g/mol. The fourth-order valence-corrected chi connectivity index (χ4v) is 4.59. The zero-order valence-electron chi connectivity index (χ0n) is 13.5. The van der Waals surface area contributed by atoms with E-state index in [-0.39, 0.29) is 6.10 Å². The summed E-state index contributed by atoms with van der Waals surface area (Å²) in [6.07, 6.45) is 8.28. The fraction of sp³-hybridized carbons (Fsp3) is 0.611. The van der Waals surface area contributed by atoms with Gasteiger partial charge in [0.05, 0.1) is 12.6 Å². The van der Waals surface area contributed by atoms with Crippen molar-refractivity contribution in [3.05, 3.63) is 23.8 Å². The molecule has 1 aliphatic heterocycles. The molecule has 0 aromatic heterocycles. The third-order valence-corrected chi connectivity index (χ3v) is 5.99. The maximum Gasteiger partial charge on any atom is 0.235 e. The number of thioether (sulfide) groups is 1. The van der Waals surface area contributed by atoms with Crippen LogP contribution >= 0.6 is 11.8 Å². The Morgan fingerprint density at radius 2 is 2.09 bits per heavy atom. The second-order valence-corrected chi connectivity index (χ2v) is 7.41. The van der Waals surface area contributed by atoms with Gasteiger partial charge < -0.3 is 9.47 Å². The summed E-state index contributed by atoms with van der Waals surface area (Å²) in [6.45, 7) is 0. The Labute approximate surface area is 141 Å². The van der Waals surface area contributed by atoms with Gasteiger partial charge in [0.1, 0.15) is 6.10 Å². The molecular formula is C18H23NO3S. The molecule has 1 saturated carbocycles. The van der Waals surface area contributed by atoms with Gasteiger partial charge in [0.25, 0.3) is 0 Å². The second kappa shape index (κ2) is 7.41. The maximum absolute atomic E-state index is 10.9. The number of benzene rings is 1. The maximum atomic E-state index is 10.9. The number of aliphatic imine (C=N–C) groups is 1. The normalized spacial score (nSPS) is 23.1. The van der Waals surface area contributed by atoms with E-state index in [1.807, 2.05) is 30.0 Å². The first-order chi connectivity index (χ1) is 11.3. The van der Waals surface area contributed by atoms with Crippen LogP contribution < -0.4 is 9.47 Å². The van der Waals surface area contributed by atoms with Crippen LogP contribution in [-0.4, -0.2) is 30.8 Å². The minimum atomic E-state index is -0.422. The number of isocyanates is 1. The van der Waals surface area contributed by atoms with E-state index in [0.29, 0.717) is 0 Å². The molecule has 0 radical (unpaired) electrons. The van der Waals surface area contributed by atoms with Crippen molar-refractivity contribution in [1.82, 2.24) is 0 Å². The molecule has 0 bridgehead atoms. The topological polar surface area (TPSA) is 47.9 Å².